The molecule has 0 atom stereocenters. The Morgan fingerprint density at radius 3 is 2.69 bits per heavy atom. The third-order valence-corrected chi connectivity index (χ3v) is 5.76. The van der Waals surface area contributed by atoms with E-state index in [1.165, 1.54) is 0 Å². The lowest BCUT2D eigenvalue weighted by Gasteiger charge is -2.35. The number of H-pyrrole nitrogens is 1. The van der Waals surface area contributed by atoms with Gasteiger partial charge in [-0.2, -0.15) is 4.98 Å². The van der Waals surface area contributed by atoms with Gasteiger partial charge < -0.3 is 14.6 Å². The maximum absolute atomic E-state index is 12.1. The number of ether oxygens (including phenoxy) is 1. The summed E-state index contributed by atoms with van der Waals surface area (Å²) in [4.78, 5) is 34.8. The Labute approximate surface area is 182 Å². The standard InChI is InChI=1S/C22H22N6O4/c29-22-19-6-3-9-27(19)21-16(23-22)7-8-20(24-21)32-15-14-25-10-12-26(13-11-25)17-4-1-2-5-18(17)28(30)31/h1-9H,10-15H2,(H,23,29). The van der Waals surface area contributed by atoms with E-state index in [4.69, 9.17) is 4.74 Å². The van der Waals surface area contributed by atoms with Crippen LogP contribution in [-0.4, -0.2) is 63.5 Å². The van der Waals surface area contributed by atoms with Crippen LogP contribution in [0.5, 0.6) is 5.88 Å². The fourth-order valence-electron chi connectivity index (χ4n) is 4.11. The van der Waals surface area contributed by atoms with E-state index in [0.29, 0.717) is 34.9 Å². The molecule has 1 fully saturated rings. The summed E-state index contributed by atoms with van der Waals surface area (Å²) in [5.74, 6) is 0.498. The minimum atomic E-state index is -0.330. The van der Waals surface area contributed by atoms with Crippen molar-refractivity contribution in [1.82, 2.24) is 19.3 Å². The predicted octanol–water partition coefficient (Wildman–Crippen LogP) is 2.29. The van der Waals surface area contributed by atoms with E-state index in [9.17, 15) is 14.9 Å². The number of anilines is 1. The van der Waals surface area contributed by atoms with Crippen LogP contribution in [0.2, 0.25) is 0 Å². The summed E-state index contributed by atoms with van der Waals surface area (Å²) in [6.45, 7) is 4.24. The van der Waals surface area contributed by atoms with Gasteiger partial charge in [-0.05, 0) is 24.3 Å². The van der Waals surface area contributed by atoms with Gasteiger partial charge in [0.2, 0.25) is 5.88 Å². The number of hydrogen-bond donors (Lipinski definition) is 1. The van der Waals surface area contributed by atoms with E-state index in [0.717, 1.165) is 32.7 Å². The Morgan fingerprint density at radius 1 is 1.06 bits per heavy atom. The first-order chi connectivity index (χ1) is 15.6. The number of para-hydroxylation sites is 2. The van der Waals surface area contributed by atoms with Gasteiger partial charge in [0.25, 0.3) is 11.2 Å². The summed E-state index contributed by atoms with van der Waals surface area (Å²) in [5, 5.41) is 11.3. The van der Waals surface area contributed by atoms with E-state index in [-0.39, 0.29) is 16.2 Å². The summed E-state index contributed by atoms with van der Waals surface area (Å²) < 4.78 is 7.63. The van der Waals surface area contributed by atoms with Crippen molar-refractivity contribution >= 4 is 28.1 Å². The van der Waals surface area contributed by atoms with Gasteiger partial charge in [0.15, 0.2) is 5.65 Å². The molecule has 4 heterocycles. The van der Waals surface area contributed by atoms with Crippen molar-refractivity contribution in [2.45, 2.75) is 0 Å². The molecule has 0 spiro atoms. The number of hydrogen-bond acceptors (Lipinski definition) is 7. The van der Waals surface area contributed by atoms with Crippen molar-refractivity contribution in [2.24, 2.45) is 0 Å². The normalized spacial score (nSPS) is 14.8. The van der Waals surface area contributed by atoms with Crippen molar-refractivity contribution in [1.29, 1.82) is 0 Å². The SMILES string of the molecule is O=c1[nH]c2ccc(OCCN3CCN(c4ccccc4[N+](=O)[O-])CC3)nc2n2cccc12. The number of piperazine rings is 1. The fourth-order valence-corrected chi connectivity index (χ4v) is 4.11. The Morgan fingerprint density at radius 2 is 1.88 bits per heavy atom. The molecule has 32 heavy (non-hydrogen) atoms. The highest BCUT2D eigenvalue weighted by atomic mass is 16.6. The molecule has 1 N–H and O–H groups in total. The Balaban J connectivity index is 1.19. The van der Waals surface area contributed by atoms with Crippen molar-refractivity contribution in [3.8, 4) is 5.88 Å². The lowest BCUT2D eigenvalue weighted by molar-refractivity contribution is -0.384. The molecule has 1 aromatic carbocycles. The van der Waals surface area contributed by atoms with Gasteiger partial charge in [-0.15, -0.1) is 0 Å². The Kier molecular flexibility index (Phi) is 5.20. The van der Waals surface area contributed by atoms with Crippen LogP contribution in [0.4, 0.5) is 11.4 Å². The molecule has 0 radical (unpaired) electrons. The predicted molar refractivity (Wildman–Crippen MR) is 121 cm³/mol. The third kappa shape index (κ3) is 3.76. The number of rotatable bonds is 6. The topological polar surface area (TPSA) is 109 Å². The number of nitro benzene ring substituents is 1. The van der Waals surface area contributed by atoms with Gasteiger partial charge in [0, 0.05) is 51.1 Å². The number of nitrogens with zero attached hydrogens (tertiary/aromatic N) is 5. The maximum atomic E-state index is 12.1. The molecular formula is C22H22N6O4. The number of pyridine rings is 1. The molecule has 3 aromatic heterocycles. The molecule has 10 nitrogen and oxygen atoms in total. The second kappa shape index (κ2) is 8.31. The number of aromatic nitrogens is 3. The lowest BCUT2D eigenvalue weighted by Crippen LogP contribution is -2.47. The first-order valence-electron chi connectivity index (χ1n) is 10.4. The van der Waals surface area contributed by atoms with E-state index >= 15 is 0 Å². The molecule has 1 aliphatic heterocycles. The maximum Gasteiger partial charge on any atom is 0.292 e. The Bertz CT molecular complexity index is 1340. The molecule has 5 rings (SSSR count). The first-order valence-corrected chi connectivity index (χ1v) is 10.4. The van der Waals surface area contributed by atoms with Gasteiger partial charge in [-0.25, -0.2) is 0 Å². The average molecular weight is 434 g/mol. The molecular weight excluding hydrogens is 412 g/mol. The zero-order chi connectivity index (χ0) is 22.1. The van der Waals surface area contributed by atoms with Crippen LogP contribution in [0.1, 0.15) is 0 Å². The molecule has 1 saturated heterocycles. The quantitative estimate of drug-likeness (QED) is 0.366. The molecule has 1 aliphatic rings. The molecule has 0 saturated carbocycles. The Hall–Kier alpha value is -3.92. The van der Waals surface area contributed by atoms with E-state index in [1.807, 2.05) is 12.1 Å². The van der Waals surface area contributed by atoms with Crippen LogP contribution >= 0.6 is 0 Å². The highest BCUT2D eigenvalue weighted by molar-refractivity contribution is 5.74. The number of nitro groups is 1. The lowest BCUT2D eigenvalue weighted by atomic mass is 10.2. The number of benzene rings is 1. The minimum absolute atomic E-state index is 0.143. The monoisotopic (exact) mass is 434 g/mol. The number of nitrogens with one attached hydrogen (secondary N) is 1. The second-order valence-electron chi connectivity index (χ2n) is 7.66. The van der Waals surface area contributed by atoms with Crippen molar-refractivity contribution in [3.63, 3.8) is 0 Å². The number of fused-ring (bicyclic) bond motifs is 3. The molecule has 164 valence electrons. The van der Waals surface area contributed by atoms with Crippen molar-refractivity contribution in [3.05, 3.63) is 75.2 Å². The second-order valence-corrected chi connectivity index (χ2v) is 7.66. The molecule has 0 amide bonds. The first kappa shape index (κ1) is 20.0. The fraction of sp³-hybridized carbons (Fsp3) is 0.273. The summed E-state index contributed by atoms with van der Waals surface area (Å²) >= 11 is 0. The van der Waals surface area contributed by atoms with Crippen LogP contribution in [0, 0.1) is 10.1 Å². The zero-order valence-electron chi connectivity index (χ0n) is 17.3. The molecule has 0 bridgehead atoms. The van der Waals surface area contributed by atoms with Crippen molar-refractivity contribution in [2.75, 3.05) is 44.2 Å². The van der Waals surface area contributed by atoms with Crippen molar-refractivity contribution < 1.29 is 9.66 Å². The van der Waals surface area contributed by atoms with Crippen LogP contribution in [-0.2, 0) is 0 Å². The van der Waals surface area contributed by atoms with Crippen LogP contribution in [0.3, 0.4) is 0 Å². The minimum Gasteiger partial charge on any atom is -0.476 e. The average Bonchev–Trinajstić information content (AvgIpc) is 3.31. The van der Waals surface area contributed by atoms with E-state index in [2.05, 4.69) is 19.8 Å². The summed E-state index contributed by atoms with van der Waals surface area (Å²) in [7, 11) is 0. The molecule has 4 aromatic rings. The molecule has 10 heteroatoms. The largest absolute Gasteiger partial charge is 0.476 e. The van der Waals surface area contributed by atoms with Crippen LogP contribution in [0.15, 0.2) is 59.5 Å². The highest BCUT2D eigenvalue weighted by Crippen LogP contribution is 2.28. The zero-order valence-corrected chi connectivity index (χ0v) is 17.3. The summed E-state index contributed by atoms with van der Waals surface area (Å²) in [6, 6.07) is 14.0. The highest BCUT2D eigenvalue weighted by Gasteiger charge is 2.23. The van der Waals surface area contributed by atoms with Gasteiger partial charge in [0.05, 0.1) is 10.4 Å². The van der Waals surface area contributed by atoms with Gasteiger partial charge in [-0.1, -0.05) is 12.1 Å². The van der Waals surface area contributed by atoms with Crippen LogP contribution in [0.25, 0.3) is 16.7 Å². The summed E-state index contributed by atoms with van der Waals surface area (Å²) in [5.41, 5.74) is 2.49. The number of aromatic amines is 1. The van der Waals surface area contributed by atoms with Gasteiger partial charge in [-0.3, -0.25) is 24.2 Å². The van der Waals surface area contributed by atoms with Crippen LogP contribution < -0.4 is 15.2 Å². The third-order valence-electron chi connectivity index (χ3n) is 5.76. The summed E-state index contributed by atoms with van der Waals surface area (Å²) in [6.07, 6.45) is 1.81. The van der Waals surface area contributed by atoms with E-state index in [1.54, 1.807) is 47.0 Å². The molecule has 0 unspecified atom stereocenters. The van der Waals surface area contributed by atoms with Gasteiger partial charge in [0.1, 0.15) is 17.8 Å². The smallest absolute Gasteiger partial charge is 0.292 e. The molecule has 0 aliphatic carbocycles. The van der Waals surface area contributed by atoms with E-state index < -0.39 is 0 Å². The van der Waals surface area contributed by atoms with Gasteiger partial charge >= 0.3 is 0 Å².